The third-order valence-electron chi connectivity index (χ3n) is 4.52. The van der Waals surface area contributed by atoms with Gasteiger partial charge in [0.1, 0.15) is 6.61 Å². The van der Waals surface area contributed by atoms with Crippen molar-refractivity contribution >= 4 is 18.0 Å². The van der Waals surface area contributed by atoms with Crippen molar-refractivity contribution < 1.29 is 20.5 Å². The summed E-state index contributed by atoms with van der Waals surface area (Å²) in [6.07, 6.45) is 12.2. The van der Waals surface area contributed by atoms with E-state index in [9.17, 15) is 14.4 Å². The summed E-state index contributed by atoms with van der Waals surface area (Å²) in [6, 6.07) is -0.575. The average Bonchev–Trinajstić information content (AvgIpc) is 2.99. The van der Waals surface area contributed by atoms with Crippen molar-refractivity contribution in [2.75, 3.05) is 33.3 Å². The predicted octanol–water partition coefficient (Wildman–Crippen LogP) is 3.08. The van der Waals surface area contributed by atoms with Crippen LogP contribution in [-0.4, -0.2) is 61.1 Å². The van der Waals surface area contributed by atoms with E-state index in [1.165, 1.54) is 9.80 Å². The number of allylic oxidation sites excluding steroid dienone is 2. The third kappa shape index (κ3) is 6.54. The fourth-order valence-electron chi connectivity index (χ4n) is 2.89. The molecule has 26 heavy (non-hydrogen) atoms. The highest BCUT2D eigenvalue weighted by molar-refractivity contribution is 5.94. The smallest absolute Gasteiger partial charge is 0.328 e. The zero-order valence-electron chi connectivity index (χ0n) is 15.5. The van der Waals surface area contributed by atoms with Gasteiger partial charge < -0.3 is 15.0 Å². The van der Waals surface area contributed by atoms with Gasteiger partial charge in [-0.1, -0.05) is 31.1 Å². The number of imide groups is 1. The van der Waals surface area contributed by atoms with Crippen LogP contribution in [0, 0.1) is 0 Å². The summed E-state index contributed by atoms with van der Waals surface area (Å²) < 4.78 is 5.26. The summed E-state index contributed by atoms with van der Waals surface area (Å²) in [4.78, 5) is 38.0. The van der Waals surface area contributed by atoms with Gasteiger partial charge in [0.2, 0.25) is 0 Å². The molecule has 0 spiro atoms. The van der Waals surface area contributed by atoms with Crippen molar-refractivity contribution in [2.24, 2.45) is 0 Å². The Hall–Kier alpha value is -2.31. The van der Waals surface area contributed by atoms with Crippen molar-refractivity contribution in [3.8, 4) is 0 Å². The van der Waals surface area contributed by atoms with Crippen molar-refractivity contribution in [3.63, 3.8) is 0 Å². The van der Waals surface area contributed by atoms with Gasteiger partial charge in [0.15, 0.2) is 0 Å². The second kappa shape index (κ2) is 10.6. The number of esters is 1. The zero-order chi connectivity index (χ0) is 18.8. The molecule has 0 aromatic rings. The number of unbranched alkanes of at least 4 members (excludes halogenated alkanes) is 3. The van der Waals surface area contributed by atoms with E-state index in [0.29, 0.717) is 32.7 Å². The molecule has 0 unspecified atom stereocenters. The fraction of sp³-hybridized carbons (Fsp3) is 0.632. The van der Waals surface area contributed by atoms with E-state index < -0.39 is 0 Å². The highest BCUT2D eigenvalue weighted by Crippen LogP contribution is 2.11. The van der Waals surface area contributed by atoms with Crippen molar-refractivity contribution in [1.29, 1.82) is 0 Å². The normalized spacial score (nSPS) is 16.7. The number of nitrogens with one attached hydrogen (secondary N) is 1. The van der Waals surface area contributed by atoms with Crippen LogP contribution in [0.3, 0.4) is 0 Å². The van der Waals surface area contributed by atoms with Crippen LogP contribution in [-0.2, 0) is 9.53 Å². The number of ether oxygens (including phenoxy) is 1. The highest BCUT2D eigenvalue weighted by atomic mass is 16.5. The topological polar surface area (TPSA) is 78.9 Å². The summed E-state index contributed by atoms with van der Waals surface area (Å²) >= 11 is 0. The second-order valence-electron chi connectivity index (χ2n) is 6.67. The summed E-state index contributed by atoms with van der Waals surface area (Å²) in [6.45, 7) is 1.93. The lowest BCUT2D eigenvalue weighted by atomic mass is 10.1. The Balaban J connectivity index is 0.00000364. The summed E-state index contributed by atoms with van der Waals surface area (Å²) in [5, 5.41) is 2.77. The van der Waals surface area contributed by atoms with Gasteiger partial charge >= 0.3 is 18.0 Å². The van der Waals surface area contributed by atoms with Crippen LogP contribution in [0.1, 0.15) is 46.4 Å². The lowest BCUT2D eigenvalue weighted by Gasteiger charge is -2.14. The minimum atomic E-state index is -0.325. The number of likely N-dealkylation sites (N-methyl/N-ethyl adjacent to an activating group) is 1. The minimum absolute atomic E-state index is 0. The standard InChI is InChI=1S/C19H29N3O4.H2/c1-21-13-14-22(19(21)25)18(24)20-12-8-3-2-7-11-17(23)26-15-16-9-5-4-6-10-16;/h5,9-10H,2-4,6-8,11-15H2,1H3,(H,20,24);1H. The van der Waals surface area contributed by atoms with Gasteiger partial charge in [0.25, 0.3) is 0 Å². The highest BCUT2D eigenvalue weighted by Gasteiger charge is 2.30. The van der Waals surface area contributed by atoms with Crippen LogP contribution >= 0.6 is 0 Å². The molecule has 146 valence electrons. The molecule has 7 nitrogen and oxygen atoms in total. The molecule has 0 saturated carbocycles. The zero-order valence-corrected chi connectivity index (χ0v) is 15.5. The van der Waals surface area contributed by atoms with E-state index in [2.05, 4.69) is 17.5 Å². The van der Waals surface area contributed by atoms with Crippen molar-refractivity contribution in [1.82, 2.24) is 15.1 Å². The molecule has 2 aliphatic rings. The Kier molecular flexibility index (Phi) is 8.18. The first-order chi connectivity index (χ1) is 12.6. The molecule has 0 atom stereocenters. The molecule has 0 aromatic heterocycles. The van der Waals surface area contributed by atoms with E-state index >= 15 is 0 Å². The average molecular weight is 365 g/mol. The van der Waals surface area contributed by atoms with Crippen molar-refractivity contribution in [3.05, 3.63) is 23.8 Å². The summed E-state index contributed by atoms with van der Waals surface area (Å²) in [7, 11) is 1.68. The molecular formula is C19H31N3O4. The van der Waals surface area contributed by atoms with E-state index in [-0.39, 0.29) is 19.5 Å². The Bertz CT molecular complexity index is 577. The maximum absolute atomic E-state index is 11.9. The lowest BCUT2D eigenvalue weighted by molar-refractivity contribution is -0.142. The molecule has 0 bridgehead atoms. The second-order valence-corrected chi connectivity index (χ2v) is 6.67. The SMILES string of the molecule is CN1CCN(C(=O)NCCCCCCC(=O)OCC2=CCCC=C2)C1=O.[HH]. The van der Waals surface area contributed by atoms with Gasteiger partial charge in [0, 0.05) is 34.5 Å². The lowest BCUT2D eigenvalue weighted by Crippen LogP contribution is -2.42. The molecule has 0 aromatic carbocycles. The molecule has 0 radical (unpaired) electrons. The minimum Gasteiger partial charge on any atom is -0.461 e. The van der Waals surface area contributed by atoms with Gasteiger partial charge in [-0.25, -0.2) is 14.5 Å². The van der Waals surface area contributed by atoms with Gasteiger partial charge in [-0.2, -0.15) is 0 Å². The van der Waals surface area contributed by atoms with Gasteiger partial charge in [0.05, 0.1) is 0 Å². The molecule has 2 rings (SSSR count). The molecule has 1 fully saturated rings. The molecule has 1 saturated heterocycles. The van der Waals surface area contributed by atoms with Crippen LogP contribution in [0.2, 0.25) is 0 Å². The molecule has 1 aliphatic heterocycles. The van der Waals surface area contributed by atoms with Crippen LogP contribution in [0.5, 0.6) is 0 Å². The van der Waals surface area contributed by atoms with Crippen LogP contribution in [0.15, 0.2) is 23.8 Å². The van der Waals surface area contributed by atoms with Crippen molar-refractivity contribution in [2.45, 2.75) is 44.9 Å². The largest absolute Gasteiger partial charge is 0.461 e. The van der Waals surface area contributed by atoms with Crippen LogP contribution < -0.4 is 5.32 Å². The maximum Gasteiger partial charge on any atom is 0.328 e. The van der Waals surface area contributed by atoms with E-state index in [0.717, 1.165) is 44.1 Å². The number of nitrogens with zero attached hydrogens (tertiary/aromatic N) is 2. The number of hydrogen-bond donors (Lipinski definition) is 1. The van der Waals surface area contributed by atoms with E-state index in [1.807, 2.05) is 6.08 Å². The van der Waals surface area contributed by atoms with Crippen LogP contribution in [0.25, 0.3) is 0 Å². The third-order valence-corrected chi connectivity index (χ3v) is 4.52. The Morgan fingerprint density at radius 1 is 1.19 bits per heavy atom. The van der Waals surface area contributed by atoms with Crippen LogP contribution in [0.4, 0.5) is 9.59 Å². The predicted molar refractivity (Wildman–Crippen MR) is 101 cm³/mol. The molecular weight excluding hydrogens is 334 g/mol. The monoisotopic (exact) mass is 365 g/mol. The Labute approximate surface area is 156 Å². The number of rotatable bonds is 9. The van der Waals surface area contributed by atoms with Gasteiger partial charge in [-0.15, -0.1) is 0 Å². The quantitative estimate of drug-likeness (QED) is 0.503. The fourth-order valence-corrected chi connectivity index (χ4v) is 2.89. The number of carbonyl (C=O) groups excluding carboxylic acids is 3. The number of carbonyl (C=O) groups is 3. The molecule has 4 amide bonds. The Morgan fingerprint density at radius 3 is 2.69 bits per heavy atom. The van der Waals surface area contributed by atoms with E-state index in [4.69, 9.17) is 4.74 Å². The van der Waals surface area contributed by atoms with Gasteiger partial charge in [-0.3, -0.25) is 4.79 Å². The summed E-state index contributed by atoms with van der Waals surface area (Å²) in [5.41, 5.74) is 1.07. The molecule has 7 heteroatoms. The Morgan fingerprint density at radius 2 is 2.00 bits per heavy atom. The number of urea groups is 2. The number of amides is 4. The van der Waals surface area contributed by atoms with E-state index in [1.54, 1.807) is 7.05 Å². The first-order valence-corrected chi connectivity index (χ1v) is 9.39. The first-order valence-electron chi connectivity index (χ1n) is 9.39. The molecule has 1 aliphatic carbocycles. The maximum atomic E-state index is 11.9. The molecule has 1 N–H and O–H groups in total. The summed E-state index contributed by atoms with van der Waals surface area (Å²) in [5.74, 6) is -0.158. The van der Waals surface area contributed by atoms with Gasteiger partial charge in [-0.05, 0) is 31.3 Å². The molecule has 1 heterocycles. The first kappa shape index (κ1) is 20.0. The number of hydrogen-bond acceptors (Lipinski definition) is 4.